The molecule has 0 unspecified atom stereocenters. The monoisotopic (exact) mass is 407 g/mol. The van der Waals surface area contributed by atoms with E-state index in [1.807, 2.05) is 0 Å². The summed E-state index contributed by atoms with van der Waals surface area (Å²) in [6, 6.07) is 14.5. The first-order valence-electron chi connectivity index (χ1n) is 8.97. The van der Waals surface area contributed by atoms with Crippen molar-refractivity contribution in [3.8, 4) is 11.4 Å². The molecule has 0 bridgehead atoms. The van der Waals surface area contributed by atoms with E-state index in [4.69, 9.17) is 0 Å². The van der Waals surface area contributed by atoms with Crippen LogP contribution in [0, 0.1) is 11.6 Å². The molecule has 0 atom stereocenters. The number of carbonyl (C=O) groups excluding carboxylic acids is 1. The minimum atomic E-state index is -0.877. The number of hydrogen-bond acceptors (Lipinski definition) is 4. The second-order valence-electron chi connectivity index (χ2n) is 6.53. The second-order valence-corrected chi connectivity index (χ2v) is 6.53. The molecule has 0 radical (unpaired) electrons. The fourth-order valence-electron chi connectivity index (χ4n) is 3.21. The normalized spacial score (nSPS) is 10.9. The Bertz CT molecular complexity index is 1300. The number of pyridine rings is 2. The fourth-order valence-corrected chi connectivity index (χ4v) is 3.21. The van der Waals surface area contributed by atoms with Crippen molar-refractivity contribution in [1.82, 2.24) is 14.9 Å². The third-order valence-electron chi connectivity index (χ3n) is 4.52. The van der Waals surface area contributed by atoms with Gasteiger partial charge in [-0.15, -0.1) is 0 Å². The first-order valence-corrected chi connectivity index (χ1v) is 8.97. The van der Waals surface area contributed by atoms with Crippen LogP contribution in [0.4, 0.5) is 8.78 Å². The Morgan fingerprint density at radius 3 is 2.43 bits per heavy atom. The van der Waals surface area contributed by atoms with Crippen LogP contribution in [0.15, 0.2) is 71.7 Å². The van der Waals surface area contributed by atoms with Crippen molar-refractivity contribution in [3.05, 3.63) is 100.0 Å². The van der Waals surface area contributed by atoms with E-state index in [0.717, 1.165) is 12.1 Å². The maximum Gasteiger partial charge on any atom is 0.273 e. The summed E-state index contributed by atoms with van der Waals surface area (Å²) in [7, 11) is 0. The summed E-state index contributed by atoms with van der Waals surface area (Å²) in [6.45, 7) is -0.233. The lowest BCUT2D eigenvalue weighted by molar-refractivity contribution is 0.0946. The number of nitrogens with zero attached hydrogens (tertiary/aromatic N) is 2. The molecule has 2 aromatic carbocycles. The Balaban J connectivity index is 1.80. The van der Waals surface area contributed by atoms with Crippen LogP contribution in [0.5, 0.6) is 5.75 Å². The molecular formula is C22H15F2N3O3. The zero-order valence-corrected chi connectivity index (χ0v) is 15.5. The minimum absolute atomic E-state index is 0.172. The number of aromatic hydroxyl groups is 1. The first-order chi connectivity index (χ1) is 14.5. The molecule has 2 aromatic heterocycles. The van der Waals surface area contributed by atoms with E-state index in [-0.39, 0.29) is 23.1 Å². The van der Waals surface area contributed by atoms with Crippen LogP contribution in [0.2, 0.25) is 0 Å². The van der Waals surface area contributed by atoms with Gasteiger partial charge in [-0.3, -0.25) is 14.2 Å². The molecule has 30 heavy (non-hydrogen) atoms. The molecule has 4 rings (SSSR count). The van der Waals surface area contributed by atoms with E-state index < -0.39 is 34.4 Å². The molecule has 6 nitrogen and oxygen atoms in total. The van der Waals surface area contributed by atoms with Gasteiger partial charge in [0.1, 0.15) is 22.9 Å². The lowest BCUT2D eigenvalue weighted by Gasteiger charge is -2.14. The number of carbonyl (C=O) groups is 1. The van der Waals surface area contributed by atoms with Gasteiger partial charge in [0, 0.05) is 18.8 Å². The van der Waals surface area contributed by atoms with E-state index in [2.05, 4.69) is 10.3 Å². The zero-order chi connectivity index (χ0) is 21.3. The molecule has 4 aromatic rings. The van der Waals surface area contributed by atoms with E-state index in [1.165, 1.54) is 16.8 Å². The molecule has 8 heteroatoms. The molecule has 1 amide bonds. The van der Waals surface area contributed by atoms with E-state index in [0.29, 0.717) is 11.8 Å². The lowest BCUT2D eigenvalue weighted by atomic mass is 10.1. The Morgan fingerprint density at radius 2 is 1.73 bits per heavy atom. The first kappa shape index (κ1) is 19.3. The molecule has 2 N–H and O–H groups in total. The predicted molar refractivity (Wildman–Crippen MR) is 107 cm³/mol. The van der Waals surface area contributed by atoms with Crippen LogP contribution in [0.3, 0.4) is 0 Å². The number of hydrogen-bond donors (Lipinski definition) is 2. The number of halogens is 2. The summed E-state index contributed by atoms with van der Waals surface area (Å²) in [5.41, 5.74) is -0.433. The topological polar surface area (TPSA) is 84.2 Å². The highest BCUT2D eigenvalue weighted by Crippen LogP contribution is 2.26. The molecule has 2 heterocycles. The number of nitrogens with one attached hydrogen (secondary N) is 1. The van der Waals surface area contributed by atoms with Gasteiger partial charge in [-0.1, -0.05) is 18.2 Å². The third-order valence-corrected chi connectivity index (χ3v) is 4.52. The van der Waals surface area contributed by atoms with Gasteiger partial charge in [-0.05, 0) is 42.0 Å². The number of benzene rings is 2. The predicted octanol–water partition coefficient (Wildman–Crippen LogP) is 3.30. The SMILES string of the molecule is O=C(NCc1cc(F)cc(F)c1)c1c(O)c2cccnc2n(-c2ccccc2)c1=O. The molecule has 0 aliphatic rings. The molecule has 0 aliphatic heterocycles. The van der Waals surface area contributed by atoms with Crippen LogP contribution < -0.4 is 10.9 Å². The number of para-hydroxylation sites is 1. The van der Waals surface area contributed by atoms with Crippen molar-refractivity contribution < 1.29 is 18.7 Å². The Kier molecular flexibility index (Phi) is 4.97. The second kappa shape index (κ2) is 7.75. The van der Waals surface area contributed by atoms with Crippen LogP contribution in [-0.4, -0.2) is 20.6 Å². The molecule has 0 saturated carbocycles. The fraction of sp³-hybridized carbons (Fsp3) is 0.0455. The van der Waals surface area contributed by atoms with Gasteiger partial charge in [0.25, 0.3) is 11.5 Å². The highest BCUT2D eigenvalue weighted by Gasteiger charge is 2.23. The van der Waals surface area contributed by atoms with Gasteiger partial charge < -0.3 is 10.4 Å². The maximum absolute atomic E-state index is 13.4. The largest absolute Gasteiger partial charge is 0.506 e. The molecule has 0 saturated heterocycles. The lowest BCUT2D eigenvalue weighted by Crippen LogP contribution is -2.33. The highest BCUT2D eigenvalue weighted by atomic mass is 19.1. The zero-order valence-electron chi connectivity index (χ0n) is 15.5. The van der Waals surface area contributed by atoms with E-state index in [1.54, 1.807) is 36.4 Å². The quantitative estimate of drug-likeness (QED) is 0.544. The summed E-state index contributed by atoms with van der Waals surface area (Å²) in [4.78, 5) is 30.1. The molecule has 0 spiro atoms. The Hall–Kier alpha value is -4.07. The smallest absolute Gasteiger partial charge is 0.273 e. The third kappa shape index (κ3) is 3.50. The van der Waals surface area contributed by atoms with Crippen molar-refractivity contribution >= 4 is 16.9 Å². The summed E-state index contributed by atoms with van der Waals surface area (Å²) in [6.07, 6.45) is 1.47. The van der Waals surface area contributed by atoms with Gasteiger partial charge in [-0.2, -0.15) is 0 Å². The summed E-state index contributed by atoms with van der Waals surface area (Å²) < 4.78 is 28.0. The average Bonchev–Trinajstić information content (AvgIpc) is 2.72. The summed E-state index contributed by atoms with van der Waals surface area (Å²) in [5.74, 6) is -2.97. The average molecular weight is 407 g/mol. The number of amides is 1. The number of fused-ring (bicyclic) bond motifs is 1. The van der Waals surface area contributed by atoms with Gasteiger partial charge >= 0.3 is 0 Å². The van der Waals surface area contributed by atoms with Gasteiger partial charge in [-0.25, -0.2) is 13.8 Å². The highest BCUT2D eigenvalue weighted by molar-refractivity contribution is 6.02. The van der Waals surface area contributed by atoms with E-state index in [9.17, 15) is 23.5 Å². The molecule has 0 aliphatic carbocycles. The standard InChI is InChI=1S/C22H15F2N3O3/c23-14-9-13(10-15(24)11-14)12-26-21(29)18-19(28)17-7-4-8-25-20(17)27(22(18)30)16-5-2-1-3-6-16/h1-11,28H,12H2,(H,26,29). The Morgan fingerprint density at radius 1 is 1.03 bits per heavy atom. The van der Waals surface area contributed by atoms with Crippen molar-refractivity contribution in [2.75, 3.05) is 0 Å². The van der Waals surface area contributed by atoms with Gasteiger partial charge in [0.05, 0.1) is 11.1 Å². The van der Waals surface area contributed by atoms with Crippen molar-refractivity contribution in [2.24, 2.45) is 0 Å². The van der Waals surface area contributed by atoms with Crippen LogP contribution in [0.25, 0.3) is 16.7 Å². The van der Waals surface area contributed by atoms with Crippen LogP contribution >= 0.6 is 0 Å². The van der Waals surface area contributed by atoms with E-state index >= 15 is 0 Å². The molecule has 0 fully saturated rings. The summed E-state index contributed by atoms with van der Waals surface area (Å²) in [5, 5.41) is 13.3. The van der Waals surface area contributed by atoms with Crippen LogP contribution in [0.1, 0.15) is 15.9 Å². The number of aromatic nitrogens is 2. The van der Waals surface area contributed by atoms with Crippen molar-refractivity contribution in [1.29, 1.82) is 0 Å². The Labute approximate surface area is 169 Å². The van der Waals surface area contributed by atoms with Gasteiger partial charge in [0.15, 0.2) is 5.65 Å². The number of rotatable bonds is 4. The molecular weight excluding hydrogens is 392 g/mol. The summed E-state index contributed by atoms with van der Waals surface area (Å²) >= 11 is 0. The van der Waals surface area contributed by atoms with Gasteiger partial charge in [0.2, 0.25) is 0 Å². The van der Waals surface area contributed by atoms with Crippen LogP contribution in [-0.2, 0) is 6.54 Å². The van der Waals surface area contributed by atoms with Crippen molar-refractivity contribution in [2.45, 2.75) is 6.54 Å². The minimum Gasteiger partial charge on any atom is -0.506 e. The maximum atomic E-state index is 13.4. The molecule has 150 valence electrons. The van der Waals surface area contributed by atoms with Crippen molar-refractivity contribution in [3.63, 3.8) is 0 Å².